The minimum Gasteiger partial charge on any atom is -0.298 e. The van der Waals surface area contributed by atoms with Gasteiger partial charge in [-0.15, -0.1) is 11.3 Å². The third kappa shape index (κ3) is 2.90. The van der Waals surface area contributed by atoms with Crippen LogP contribution in [-0.2, 0) is 12.8 Å². The second-order valence-electron chi connectivity index (χ2n) is 4.67. The van der Waals surface area contributed by atoms with Crippen molar-refractivity contribution >= 4 is 49.9 Å². The molecule has 1 heterocycles. The van der Waals surface area contributed by atoms with E-state index in [-0.39, 0.29) is 5.91 Å². The van der Waals surface area contributed by atoms with E-state index in [1.807, 2.05) is 0 Å². The molecular weight excluding hydrogens is 360 g/mol. The lowest BCUT2D eigenvalue weighted by molar-refractivity contribution is 0.102. The third-order valence-electron chi connectivity index (χ3n) is 3.24. The standard InChI is InChI=1S/C14H12BrClN2OS/c15-8-5-6-10(16)9(7-8)13(19)18-14-17-11-3-1-2-4-12(11)20-14/h5-7H,1-4H2,(H,17,18,19). The lowest BCUT2D eigenvalue weighted by atomic mass is 10.0. The van der Waals surface area contributed by atoms with Gasteiger partial charge < -0.3 is 0 Å². The number of anilines is 1. The Hall–Kier alpha value is -0.910. The number of halogens is 2. The first-order chi connectivity index (χ1) is 9.63. The monoisotopic (exact) mass is 370 g/mol. The zero-order valence-electron chi connectivity index (χ0n) is 10.6. The normalized spacial score (nSPS) is 13.9. The van der Waals surface area contributed by atoms with E-state index in [1.54, 1.807) is 29.5 Å². The maximum atomic E-state index is 12.3. The first-order valence-corrected chi connectivity index (χ1v) is 8.37. The Balaban J connectivity index is 1.82. The van der Waals surface area contributed by atoms with E-state index in [0.29, 0.717) is 15.7 Å². The summed E-state index contributed by atoms with van der Waals surface area (Å²) in [6, 6.07) is 5.22. The summed E-state index contributed by atoms with van der Waals surface area (Å²) in [6.45, 7) is 0. The van der Waals surface area contributed by atoms with Gasteiger partial charge in [0.2, 0.25) is 0 Å². The highest BCUT2D eigenvalue weighted by Gasteiger charge is 2.18. The van der Waals surface area contributed by atoms with Crippen LogP contribution in [0.3, 0.4) is 0 Å². The molecule has 0 saturated heterocycles. The van der Waals surface area contributed by atoms with Crippen molar-refractivity contribution in [2.24, 2.45) is 0 Å². The molecular formula is C14H12BrClN2OS. The third-order valence-corrected chi connectivity index (χ3v) is 5.13. The lowest BCUT2D eigenvalue weighted by Gasteiger charge is -2.06. The molecule has 0 atom stereocenters. The fraction of sp³-hybridized carbons (Fsp3) is 0.286. The lowest BCUT2D eigenvalue weighted by Crippen LogP contribution is -2.12. The van der Waals surface area contributed by atoms with Crippen molar-refractivity contribution in [2.75, 3.05) is 5.32 Å². The van der Waals surface area contributed by atoms with E-state index in [0.717, 1.165) is 23.0 Å². The summed E-state index contributed by atoms with van der Waals surface area (Å²) in [6.07, 6.45) is 4.47. The van der Waals surface area contributed by atoms with Gasteiger partial charge in [0.25, 0.3) is 5.91 Å². The minimum absolute atomic E-state index is 0.220. The van der Waals surface area contributed by atoms with Gasteiger partial charge in [0.05, 0.1) is 16.3 Å². The van der Waals surface area contributed by atoms with Crippen LogP contribution >= 0.6 is 38.9 Å². The smallest absolute Gasteiger partial charge is 0.258 e. The topological polar surface area (TPSA) is 42.0 Å². The Kier molecular flexibility index (Phi) is 4.10. The number of nitrogens with one attached hydrogen (secondary N) is 1. The van der Waals surface area contributed by atoms with Crippen LogP contribution in [0.1, 0.15) is 33.8 Å². The zero-order valence-corrected chi connectivity index (χ0v) is 13.7. The van der Waals surface area contributed by atoms with Gasteiger partial charge in [-0.25, -0.2) is 4.98 Å². The highest BCUT2D eigenvalue weighted by atomic mass is 79.9. The van der Waals surface area contributed by atoms with Crippen molar-refractivity contribution in [1.82, 2.24) is 4.98 Å². The maximum Gasteiger partial charge on any atom is 0.258 e. The Morgan fingerprint density at radius 3 is 2.95 bits per heavy atom. The number of fused-ring (bicyclic) bond motifs is 1. The molecule has 3 nitrogen and oxygen atoms in total. The molecule has 2 aromatic rings. The van der Waals surface area contributed by atoms with Crippen molar-refractivity contribution in [2.45, 2.75) is 25.7 Å². The average Bonchev–Trinajstić information content (AvgIpc) is 2.83. The minimum atomic E-state index is -0.220. The van der Waals surface area contributed by atoms with E-state index < -0.39 is 0 Å². The molecule has 0 spiro atoms. The van der Waals surface area contributed by atoms with Crippen LogP contribution in [0.4, 0.5) is 5.13 Å². The predicted molar refractivity (Wildman–Crippen MR) is 85.9 cm³/mol. The van der Waals surface area contributed by atoms with Crippen molar-refractivity contribution in [3.05, 3.63) is 43.8 Å². The molecule has 0 fully saturated rings. The van der Waals surface area contributed by atoms with E-state index >= 15 is 0 Å². The summed E-state index contributed by atoms with van der Waals surface area (Å²) in [5, 5.41) is 3.95. The largest absolute Gasteiger partial charge is 0.298 e. The summed E-state index contributed by atoms with van der Waals surface area (Å²) in [5.41, 5.74) is 1.59. The Morgan fingerprint density at radius 1 is 1.35 bits per heavy atom. The Labute approximate surface area is 134 Å². The summed E-state index contributed by atoms with van der Waals surface area (Å²) >= 11 is 11.0. The molecule has 3 rings (SSSR count). The van der Waals surface area contributed by atoms with Gasteiger partial charge in [-0.2, -0.15) is 0 Å². The van der Waals surface area contributed by atoms with Crippen LogP contribution in [0, 0.1) is 0 Å². The first-order valence-electron chi connectivity index (χ1n) is 6.38. The van der Waals surface area contributed by atoms with Gasteiger partial charge in [-0.3, -0.25) is 10.1 Å². The highest BCUT2D eigenvalue weighted by molar-refractivity contribution is 9.10. The quantitative estimate of drug-likeness (QED) is 0.832. The highest BCUT2D eigenvalue weighted by Crippen LogP contribution is 2.30. The molecule has 104 valence electrons. The van der Waals surface area contributed by atoms with Crippen LogP contribution < -0.4 is 5.32 Å². The molecule has 1 N–H and O–H groups in total. The van der Waals surface area contributed by atoms with Crippen molar-refractivity contribution in [3.8, 4) is 0 Å². The van der Waals surface area contributed by atoms with Gasteiger partial charge in [-0.05, 0) is 43.9 Å². The molecule has 1 aromatic heterocycles. The second-order valence-corrected chi connectivity index (χ2v) is 7.08. The number of rotatable bonds is 2. The molecule has 0 saturated carbocycles. The molecule has 1 aliphatic carbocycles. The van der Waals surface area contributed by atoms with Gasteiger partial charge in [-0.1, -0.05) is 27.5 Å². The molecule has 20 heavy (non-hydrogen) atoms. The van der Waals surface area contributed by atoms with E-state index in [1.165, 1.54) is 17.7 Å². The van der Waals surface area contributed by atoms with Crippen LogP contribution in [0.25, 0.3) is 0 Å². The SMILES string of the molecule is O=C(Nc1nc2c(s1)CCCC2)c1cc(Br)ccc1Cl. The maximum absolute atomic E-state index is 12.3. The number of aryl methyl sites for hydroxylation is 2. The van der Waals surface area contributed by atoms with Crippen molar-refractivity contribution in [3.63, 3.8) is 0 Å². The number of nitrogens with zero attached hydrogens (tertiary/aromatic N) is 1. The number of amides is 1. The van der Waals surface area contributed by atoms with Crippen molar-refractivity contribution in [1.29, 1.82) is 0 Å². The first kappa shape index (κ1) is 14.0. The summed E-state index contributed by atoms with van der Waals surface area (Å²) in [7, 11) is 0. The van der Waals surface area contributed by atoms with Crippen LogP contribution in [0.5, 0.6) is 0 Å². The van der Waals surface area contributed by atoms with E-state index in [4.69, 9.17) is 11.6 Å². The molecule has 0 bridgehead atoms. The van der Waals surface area contributed by atoms with Gasteiger partial charge >= 0.3 is 0 Å². The number of carbonyl (C=O) groups is 1. The molecule has 0 aliphatic heterocycles. The number of aromatic nitrogens is 1. The summed E-state index contributed by atoms with van der Waals surface area (Å²) < 4.78 is 0.825. The van der Waals surface area contributed by atoms with Gasteiger partial charge in [0, 0.05) is 9.35 Å². The molecule has 1 aromatic carbocycles. The molecule has 1 amide bonds. The number of hydrogen-bond donors (Lipinski definition) is 1. The van der Waals surface area contributed by atoms with Crippen LogP contribution in [-0.4, -0.2) is 10.9 Å². The predicted octanol–water partition coefficient (Wildman–Crippen LogP) is 4.69. The number of benzene rings is 1. The second kappa shape index (κ2) is 5.84. The number of hydrogen-bond acceptors (Lipinski definition) is 3. The van der Waals surface area contributed by atoms with Crippen LogP contribution in [0.15, 0.2) is 22.7 Å². The summed E-state index contributed by atoms with van der Waals surface area (Å²) in [5.74, 6) is -0.220. The van der Waals surface area contributed by atoms with Gasteiger partial charge in [0.1, 0.15) is 0 Å². The van der Waals surface area contributed by atoms with Gasteiger partial charge in [0.15, 0.2) is 5.13 Å². The average molecular weight is 372 g/mol. The fourth-order valence-electron chi connectivity index (χ4n) is 2.24. The summed E-state index contributed by atoms with van der Waals surface area (Å²) in [4.78, 5) is 18.0. The van der Waals surface area contributed by atoms with E-state index in [9.17, 15) is 4.79 Å². The molecule has 0 unspecified atom stereocenters. The molecule has 1 aliphatic rings. The number of carbonyl (C=O) groups excluding carboxylic acids is 1. The zero-order chi connectivity index (χ0) is 14.1. The van der Waals surface area contributed by atoms with Crippen LogP contribution in [0.2, 0.25) is 5.02 Å². The number of thiazole rings is 1. The van der Waals surface area contributed by atoms with E-state index in [2.05, 4.69) is 26.2 Å². The Morgan fingerprint density at radius 2 is 2.15 bits per heavy atom. The van der Waals surface area contributed by atoms with Crippen molar-refractivity contribution < 1.29 is 4.79 Å². The Bertz CT molecular complexity index is 648. The molecule has 0 radical (unpaired) electrons. The molecule has 6 heteroatoms. The fourth-order valence-corrected chi connectivity index (χ4v) is 3.85.